The van der Waals surface area contributed by atoms with Crippen LogP contribution in [0.1, 0.15) is 29.0 Å². The number of rotatable bonds is 5. The quantitative estimate of drug-likeness (QED) is 0.918. The molecule has 1 heterocycles. The van der Waals surface area contributed by atoms with Crippen molar-refractivity contribution in [2.75, 3.05) is 19.6 Å². The lowest BCUT2D eigenvalue weighted by Crippen LogP contribution is -2.28. The van der Waals surface area contributed by atoms with E-state index in [4.69, 9.17) is 5.11 Å². The molecule has 3 heteroatoms. The molecule has 1 N–H and O–H groups in total. The molecule has 2 aromatic carbocycles. The van der Waals surface area contributed by atoms with E-state index in [1.807, 2.05) is 6.07 Å². The second-order valence-corrected chi connectivity index (χ2v) is 6.48. The van der Waals surface area contributed by atoms with Crippen molar-refractivity contribution in [3.8, 4) is 0 Å². The Morgan fingerprint density at radius 3 is 2.61 bits per heavy atom. The van der Waals surface area contributed by atoms with Crippen molar-refractivity contribution in [1.29, 1.82) is 0 Å². The van der Waals surface area contributed by atoms with Gasteiger partial charge in [0.15, 0.2) is 0 Å². The SMILES string of the molecule is Cc1cccc(C(c2ccccc2)C2CCN(CC(=O)O)C2)c1. The molecule has 0 saturated carbocycles. The van der Waals surface area contributed by atoms with Crippen LogP contribution in [0.25, 0.3) is 0 Å². The lowest BCUT2D eigenvalue weighted by Gasteiger charge is -2.25. The number of hydrogen-bond acceptors (Lipinski definition) is 2. The number of benzene rings is 2. The molecule has 1 fully saturated rings. The zero-order chi connectivity index (χ0) is 16.2. The maximum atomic E-state index is 11.0. The summed E-state index contributed by atoms with van der Waals surface area (Å²) < 4.78 is 0. The third kappa shape index (κ3) is 3.80. The summed E-state index contributed by atoms with van der Waals surface area (Å²) in [6.45, 7) is 3.98. The van der Waals surface area contributed by atoms with Crippen molar-refractivity contribution in [3.05, 3.63) is 71.3 Å². The standard InChI is InChI=1S/C20H23NO2/c1-15-6-5-9-17(12-15)20(16-7-3-2-4-8-16)18-10-11-21(13-18)14-19(22)23/h2-9,12,18,20H,10-11,13-14H2,1H3,(H,22,23). The smallest absolute Gasteiger partial charge is 0.317 e. The number of likely N-dealkylation sites (tertiary alicyclic amines) is 1. The maximum Gasteiger partial charge on any atom is 0.317 e. The van der Waals surface area contributed by atoms with E-state index in [0.29, 0.717) is 11.8 Å². The molecule has 3 nitrogen and oxygen atoms in total. The average Bonchev–Trinajstić information content (AvgIpc) is 2.96. The predicted octanol–water partition coefficient (Wildman–Crippen LogP) is 3.53. The van der Waals surface area contributed by atoms with Crippen molar-refractivity contribution in [1.82, 2.24) is 4.90 Å². The lowest BCUT2D eigenvalue weighted by atomic mass is 9.80. The molecule has 0 radical (unpaired) electrons. The van der Waals surface area contributed by atoms with Crippen molar-refractivity contribution >= 4 is 5.97 Å². The number of carboxylic acids is 1. The fourth-order valence-electron chi connectivity index (χ4n) is 3.73. The van der Waals surface area contributed by atoms with Crippen LogP contribution in [0.5, 0.6) is 0 Å². The van der Waals surface area contributed by atoms with Crippen LogP contribution in [0, 0.1) is 12.8 Å². The van der Waals surface area contributed by atoms with Gasteiger partial charge in [-0.2, -0.15) is 0 Å². The molecule has 2 aromatic rings. The van der Waals surface area contributed by atoms with Gasteiger partial charge in [-0.05, 0) is 36.9 Å². The van der Waals surface area contributed by atoms with Crippen LogP contribution < -0.4 is 0 Å². The predicted molar refractivity (Wildman–Crippen MR) is 91.6 cm³/mol. The van der Waals surface area contributed by atoms with Gasteiger partial charge in [0.05, 0.1) is 6.54 Å². The number of carbonyl (C=O) groups is 1. The number of aryl methyl sites for hydroxylation is 1. The minimum atomic E-state index is -0.738. The Hall–Kier alpha value is -2.13. The number of nitrogens with zero attached hydrogens (tertiary/aromatic N) is 1. The molecule has 1 saturated heterocycles. The average molecular weight is 309 g/mol. The molecule has 2 unspecified atom stereocenters. The van der Waals surface area contributed by atoms with Crippen LogP contribution in [0.4, 0.5) is 0 Å². The minimum Gasteiger partial charge on any atom is -0.480 e. The molecule has 2 atom stereocenters. The van der Waals surface area contributed by atoms with Gasteiger partial charge in [-0.1, -0.05) is 60.2 Å². The van der Waals surface area contributed by atoms with Gasteiger partial charge >= 0.3 is 5.97 Å². The minimum absolute atomic E-state index is 0.145. The van der Waals surface area contributed by atoms with Crippen molar-refractivity contribution < 1.29 is 9.90 Å². The Morgan fingerprint density at radius 1 is 1.17 bits per heavy atom. The highest BCUT2D eigenvalue weighted by atomic mass is 16.4. The zero-order valence-electron chi connectivity index (χ0n) is 13.5. The van der Waals surface area contributed by atoms with Gasteiger partial charge in [-0.15, -0.1) is 0 Å². The molecule has 3 rings (SSSR count). The Bertz CT molecular complexity index is 668. The summed E-state index contributed by atoms with van der Waals surface area (Å²) in [5, 5.41) is 9.03. The topological polar surface area (TPSA) is 40.5 Å². The van der Waals surface area contributed by atoms with E-state index in [0.717, 1.165) is 19.5 Å². The molecule has 1 aliphatic rings. The van der Waals surface area contributed by atoms with Crippen molar-refractivity contribution in [2.24, 2.45) is 5.92 Å². The van der Waals surface area contributed by atoms with Gasteiger partial charge in [-0.25, -0.2) is 0 Å². The summed E-state index contributed by atoms with van der Waals surface area (Å²) in [6.07, 6.45) is 1.04. The van der Waals surface area contributed by atoms with E-state index >= 15 is 0 Å². The van der Waals surface area contributed by atoms with E-state index in [9.17, 15) is 4.79 Å². The van der Waals surface area contributed by atoms with Crippen LogP contribution in [-0.4, -0.2) is 35.6 Å². The fourth-order valence-corrected chi connectivity index (χ4v) is 3.73. The lowest BCUT2D eigenvalue weighted by molar-refractivity contribution is -0.138. The third-order valence-electron chi connectivity index (χ3n) is 4.70. The molecule has 23 heavy (non-hydrogen) atoms. The Labute approximate surface area is 137 Å². The monoisotopic (exact) mass is 309 g/mol. The highest BCUT2D eigenvalue weighted by molar-refractivity contribution is 5.69. The first-order valence-corrected chi connectivity index (χ1v) is 8.19. The van der Waals surface area contributed by atoms with Crippen LogP contribution in [0.2, 0.25) is 0 Å². The molecular weight excluding hydrogens is 286 g/mol. The van der Waals surface area contributed by atoms with E-state index in [-0.39, 0.29) is 6.54 Å². The van der Waals surface area contributed by atoms with Gasteiger partial charge in [0.1, 0.15) is 0 Å². The molecular formula is C20H23NO2. The molecule has 0 aliphatic carbocycles. The fraction of sp³-hybridized carbons (Fsp3) is 0.350. The summed E-state index contributed by atoms with van der Waals surface area (Å²) in [5.74, 6) is 0.0471. The van der Waals surface area contributed by atoms with Crippen LogP contribution >= 0.6 is 0 Å². The van der Waals surface area contributed by atoms with Crippen molar-refractivity contribution in [2.45, 2.75) is 19.3 Å². The van der Waals surface area contributed by atoms with Crippen LogP contribution in [0.15, 0.2) is 54.6 Å². The van der Waals surface area contributed by atoms with Gasteiger partial charge < -0.3 is 5.11 Å². The summed E-state index contributed by atoms with van der Waals surface area (Å²) in [6, 6.07) is 19.3. The van der Waals surface area contributed by atoms with Gasteiger partial charge in [0.25, 0.3) is 0 Å². The summed E-state index contributed by atoms with van der Waals surface area (Å²) in [5.41, 5.74) is 3.92. The summed E-state index contributed by atoms with van der Waals surface area (Å²) >= 11 is 0. The number of carboxylic acid groups (broad SMARTS) is 1. The van der Waals surface area contributed by atoms with Gasteiger partial charge in [0.2, 0.25) is 0 Å². The van der Waals surface area contributed by atoms with E-state index < -0.39 is 5.97 Å². The van der Waals surface area contributed by atoms with Gasteiger partial charge in [0, 0.05) is 12.5 Å². The Morgan fingerprint density at radius 2 is 1.91 bits per heavy atom. The zero-order valence-corrected chi connectivity index (χ0v) is 13.5. The molecule has 0 amide bonds. The first-order valence-electron chi connectivity index (χ1n) is 8.19. The molecule has 120 valence electrons. The summed E-state index contributed by atoms with van der Waals surface area (Å²) in [4.78, 5) is 13.0. The highest BCUT2D eigenvalue weighted by Gasteiger charge is 2.32. The van der Waals surface area contributed by atoms with Gasteiger partial charge in [-0.3, -0.25) is 9.69 Å². The van der Waals surface area contributed by atoms with Crippen molar-refractivity contribution in [3.63, 3.8) is 0 Å². The summed E-state index contributed by atoms with van der Waals surface area (Å²) in [7, 11) is 0. The van der Waals surface area contributed by atoms with Crippen LogP contribution in [-0.2, 0) is 4.79 Å². The van der Waals surface area contributed by atoms with E-state index in [1.165, 1.54) is 16.7 Å². The number of hydrogen-bond donors (Lipinski definition) is 1. The Balaban J connectivity index is 1.89. The molecule has 1 aliphatic heterocycles. The van der Waals surface area contributed by atoms with Crippen LogP contribution in [0.3, 0.4) is 0 Å². The normalized spacial score (nSPS) is 19.6. The first-order chi connectivity index (χ1) is 11.1. The second-order valence-electron chi connectivity index (χ2n) is 6.48. The van der Waals surface area contributed by atoms with E-state index in [2.05, 4.69) is 60.4 Å². The molecule has 0 aromatic heterocycles. The second kappa shape index (κ2) is 6.97. The third-order valence-corrected chi connectivity index (χ3v) is 4.70. The largest absolute Gasteiger partial charge is 0.480 e. The highest BCUT2D eigenvalue weighted by Crippen LogP contribution is 2.37. The first kappa shape index (κ1) is 15.8. The number of aliphatic carboxylic acids is 1. The molecule has 0 bridgehead atoms. The van der Waals surface area contributed by atoms with E-state index in [1.54, 1.807) is 0 Å². The molecule has 0 spiro atoms. The Kier molecular flexibility index (Phi) is 4.77. The maximum absolute atomic E-state index is 11.0.